The lowest BCUT2D eigenvalue weighted by Crippen LogP contribution is -2.55. The Kier molecular flexibility index (Phi) is 7.81. The van der Waals surface area contributed by atoms with E-state index in [1.807, 2.05) is 0 Å². The number of benzene rings is 2. The largest absolute Gasteiger partial charge is 0.387 e. The number of hydrogen-bond acceptors (Lipinski definition) is 6. The number of amides is 2. The lowest BCUT2D eigenvalue weighted by atomic mass is 9.74. The molecule has 0 aliphatic heterocycles. The fourth-order valence-electron chi connectivity index (χ4n) is 5.40. The monoisotopic (exact) mass is 574 g/mol. The molecular formula is C25H26ClF3N2O6S. The van der Waals surface area contributed by atoms with E-state index in [4.69, 9.17) is 11.6 Å². The molecule has 0 radical (unpaired) electrons. The van der Waals surface area contributed by atoms with Crippen LogP contribution < -0.4 is 10.6 Å². The zero-order valence-electron chi connectivity index (χ0n) is 20.2. The summed E-state index contributed by atoms with van der Waals surface area (Å²) >= 11 is 6.21. The molecule has 2 amide bonds. The van der Waals surface area contributed by atoms with Crippen LogP contribution in [0, 0.1) is 29.3 Å². The van der Waals surface area contributed by atoms with Crippen LogP contribution in [0.3, 0.4) is 0 Å². The molecule has 2 bridgehead atoms. The summed E-state index contributed by atoms with van der Waals surface area (Å²) in [4.78, 5) is 24.2. The standard InChI is InChI=1S/C25H26ClF3N2O6S/c1-12(32)23(33)30-11-25(35)14-3-4-15(25)8-17(7-14)38(36,37)21-6-13(2-5-18(21)26)24(34)31-16-9-19(27)22(29)20(28)10-16/h2,5-6,9-10,12,14-15,17,32,35H,3-4,7-8,11H2,1H3,(H,30,33)(H,31,34)/t12-,14-,15?,17?,25?/m0/s1. The van der Waals surface area contributed by atoms with Crippen LogP contribution in [0.5, 0.6) is 0 Å². The molecule has 206 valence electrons. The molecule has 0 aromatic heterocycles. The lowest BCUT2D eigenvalue weighted by Gasteiger charge is -2.42. The van der Waals surface area contributed by atoms with Crippen molar-refractivity contribution in [1.82, 2.24) is 5.32 Å². The highest BCUT2D eigenvalue weighted by molar-refractivity contribution is 7.92. The van der Waals surface area contributed by atoms with Crippen molar-refractivity contribution in [2.45, 2.75) is 54.5 Å². The molecule has 0 saturated heterocycles. The van der Waals surface area contributed by atoms with Crippen molar-refractivity contribution in [2.24, 2.45) is 11.8 Å². The van der Waals surface area contributed by atoms with E-state index in [0.29, 0.717) is 25.0 Å². The van der Waals surface area contributed by atoms with Crippen molar-refractivity contribution < 1.29 is 41.4 Å². The zero-order valence-corrected chi connectivity index (χ0v) is 21.8. The van der Waals surface area contributed by atoms with E-state index in [1.54, 1.807) is 0 Å². The first-order valence-corrected chi connectivity index (χ1v) is 13.8. The molecule has 2 aliphatic rings. The number of halogens is 4. The highest BCUT2D eigenvalue weighted by Crippen LogP contribution is 2.52. The Hall–Kier alpha value is -2.67. The number of anilines is 1. The maximum atomic E-state index is 13.6. The first kappa shape index (κ1) is 28.3. The van der Waals surface area contributed by atoms with Gasteiger partial charge < -0.3 is 20.8 Å². The van der Waals surface area contributed by atoms with Gasteiger partial charge in [0.25, 0.3) is 5.91 Å². The Labute approximate surface area is 222 Å². The Bertz CT molecular complexity index is 1350. The van der Waals surface area contributed by atoms with Crippen LogP contribution in [0.2, 0.25) is 5.02 Å². The third-order valence-electron chi connectivity index (χ3n) is 7.48. The molecule has 8 nitrogen and oxygen atoms in total. The van der Waals surface area contributed by atoms with Crippen LogP contribution in [0.1, 0.15) is 43.0 Å². The normalized spacial score (nSPS) is 25.6. The fourth-order valence-corrected chi connectivity index (χ4v) is 7.80. The number of carbonyl (C=O) groups is 2. The summed E-state index contributed by atoms with van der Waals surface area (Å²) in [5.74, 6) is -7.08. The van der Waals surface area contributed by atoms with E-state index in [-0.39, 0.29) is 40.6 Å². The van der Waals surface area contributed by atoms with Crippen LogP contribution in [0.15, 0.2) is 35.2 Å². The topological polar surface area (TPSA) is 133 Å². The van der Waals surface area contributed by atoms with Crippen LogP contribution in [-0.2, 0) is 14.6 Å². The lowest BCUT2D eigenvalue weighted by molar-refractivity contribution is -0.131. The van der Waals surface area contributed by atoms with Crippen molar-refractivity contribution in [2.75, 3.05) is 11.9 Å². The second kappa shape index (κ2) is 10.5. The summed E-state index contributed by atoms with van der Waals surface area (Å²) in [5.41, 5.74) is -1.84. The highest BCUT2D eigenvalue weighted by atomic mass is 35.5. The van der Waals surface area contributed by atoms with Crippen molar-refractivity contribution in [3.05, 3.63) is 58.4 Å². The summed E-state index contributed by atoms with van der Waals surface area (Å²) in [6, 6.07) is 4.70. The van der Waals surface area contributed by atoms with E-state index in [9.17, 15) is 41.4 Å². The van der Waals surface area contributed by atoms with Gasteiger partial charge in [-0.15, -0.1) is 0 Å². The Morgan fingerprint density at radius 2 is 1.68 bits per heavy atom. The number of aliphatic hydroxyl groups excluding tert-OH is 1. The molecule has 2 aromatic carbocycles. The summed E-state index contributed by atoms with van der Waals surface area (Å²) in [6.45, 7) is 1.19. The van der Waals surface area contributed by atoms with E-state index in [0.717, 1.165) is 6.07 Å². The summed E-state index contributed by atoms with van der Waals surface area (Å²) in [6.07, 6.45) is 0.0551. The van der Waals surface area contributed by atoms with Gasteiger partial charge in [-0.05, 0) is 62.6 Å². The van der Waals surface area contributed by atoms with Gasteiger partial charge in [0.05, 0.1) is 20.8 Å². The number of fused-ring (bicyclic) bond motifs is 2. The summed E-state index contributed by atoms with van der Waals surface area (Å²) in [7, 11) is -4.08. The van der Waals surface area contributed by atoms with Crippen LogP contribution >= 0.6 is 11.6 Å². The minimum absolute atomic E-state index is 0.0980. The number of rotatable bonds is 7. The molecule has 38 heavy (non-hydrogen) atoms. The minimum Gasteiger partial charge on any atom is -0.387 e. The van der Waals surface area contributed by atoms with E-state index in [1.165, 1.54) is 19.1 Å². The third kappa shape index (κ3) is 5.27. The predicted molar refractivity (Wildman–Crippen MR) is 132 cm³/mol. The molecule has 3 unspecified atom stereocenters. The molecule has 5 atom stereocenters. The SMILES string of the molecule is C[C@H](O)C(=O)NCC1(O)C2CC[C@H]1CC(S(=O)(=O)c1cc(C(=O)Nc3cc(F)c(F)c(F)c3)ccc1Cl)C2. The van der Waals surface area contributed by atoms with Crippen molar-refractivity contribution in [1.29, 1.82) is 0 Å². The molecule has 2 aromatic rings. The second-order valence-corrected chi connectivity index (χ2v) is 12.5. The minimum atomic E-state index is -4.08. The van der Waals surface area contributed by atoms with Crippen LogP contribution in [0.4, 0.5) is 18.9 Å². The number of carbonyl (C=O) groups excluding carboxylic acids is 2. The molecule has 0 heterocycles. The zero-order chi connectivity index (χ0) is 28.0. The van der Waals surface area contributed by atoms with E-state index >= 15 is 0 Å². The van der Waals surface area contributed by atoms with Crippen LogP contribution in [0.25, 0.3) is 0 Å². The number of aliphatic hydroxyl groups is 2. The molecule has 0 spiro atoms. The van der Waals surface area contributed by atoms with Gasteiger partial charge in [-0.25, -0.2) is 21.6 Å². The molecular weight excluding hydrogens is 549 g/mol. The van der Waals surface area contributed by atoms with Gasteiger partial charge in [-0.2, -0.15) is 0 Å². The summed E-state index contributed by atoms with van der Waals surface area (Å²) < 4.78 is 67.4. The molecule has 2 fully saturated rings. The van der Waals surface area contributed by atoms with Crippen molar-refractivity contribution >= 4 is 38.9 Å². The quantitative estimate of drug-likeness (QED) is 0.376. The second-order valence-electron chi connectivity index (χ2n) is 9.85. The van der Waals surface area contributed by atoms with Crippen LogP contribution in [-0.4, -0.2) is 53.9 Å². The average Bonchev–Trinajstić information content (AvgIpc) is 3.01. The fraction of sp³-hybridized carbons (Fsp3) is 0.440. The van der Waals surface area contributed by atoms with Crippen molar-refractivity contribution in [3.8, 4) is 0 Å². The maximum Gasteiger partial charge on any atom is 0.255 e. The highest BCUT2D eigenvalue weighted by Gasteiger charge is 2.55. The van der Waals surface area contributed by atoms with Gasteiger partial charge in [-0.3, -0.25) is 9.59 Å². The van der Waals surface area contributed by atoms with E-state index in [2.05, 4.69) is 10.6 Å². The molecule has 2 saturated carbocycles. The average molecular weight is 575 g/mol. The molecule has 4 rings (SSSR count). The van der Waals surface area contributed by atoms with Gasteiger partial charge in [0.15, 0.2) is 27.3 Å². The van der Waals surface area contributed by atoms with E-state index < -0.39 is 67.9 Å². The maximum absolute atomic E-state index is 13.6. The first-order chi connectivity index (χ1) is 17.7. The Morgan fingerprint density at radius 1 is 1.11 bits per heavy atom. The van der Waals surface area contributed by atoms with Gasteiger partial charge in [0, 0.05) is 29.9 Å². The van der Waals surface area contributed by atoms with Gasteiger partial charge >= 0.3 is 0 Å². The number of hydrogen-bond donors (Lipinski definition) is 4. The van der Waals surface area contributed by atoms with Crippen molar-refractivity contribution in [3.63, 3.8) is 0 Å². The molecule has 2 aliphatic carbocycles. The van der Waals surface area contributed by atoms with Gasteiger partial charge in [0.1, 0.15) is 6.10 Å². The molecule has 13 heteroatoms. The predicted octanol–water partition coefficient (Wildman–Crippen LogP) is 3.20. The van der Waals surface area contributed by atoms with Gasteiger partial charge in [0.2, 0.25) is 5.91 Å². The first-order valence-electron chi connectivity index (χ1n) is 11.9. The number of sulfone groups is 1. The number of nitrogens with one attached hydrogen (secondary N) is 2. The van der Waals surface area contributed by atoms with Gasteiger partial charge in [-0.1, -0.05) is 11.6 Å². The molecule has 4 N–H and O–H groups in total. The third-order valence-corrected chi connectivity index (χ3v) is 10.1. The Balaban J connectivity index is 1.54. The smallest absolute Gasteiger partial charge is 0.255 e. The Morgan fingerprint density at radius 3 is 2.24 bits per heavy atom. The summed E-state index contributed by atoms with van der Waals surface area (Å²) in [5, 5.41) is 24.4.